The van der Waals surface area contributed by atoms with Gasteiger partial charge in [-0.3, -0.25) is 9.59 Å². The smallest absolute Gasteiger partial charge is 0.305 e. The van der Waals surface area contributed by atoms with Gasteiger partial charge in [-0.25, -0.2) is 0 Å². The normalized spacial score (nSPS) is 12.6. The summed E-state index contributed by atoms with van der Waals surface area (Å²) in [5, 5.41) is 23.2. The highest BCUT2D eigenvalue weighted by Gasteiger charge is 2.18. The minimum absolute atomic E-state index is 0.0150. The molecule has 0 saturated heterocycles. The van der Waals surface area contributed by atoms with Gasteiger partial charge in [0.15, 0.2) is 0 Å². The van der Waals surface area contributed by atoms with E-state index < -0.39 is 12.1 Å². The Balaban J connectivity index is 3.35. The lowest BCUT2D eigenvalue weighted by Gasteiger charge is -2.20. The van der Waals surface area contributed by atoms with E-state index in [1.54, 1.807) is 6.08 Å². The van der Waals surface area contributed by atoms with Crippen LogP contribution in [0.15, 0.2) is 24.3 Å². The van der Waals surface area contributed by atoms with Gasteiger partial charge in [-0.15, -0.1) is 0 Å². The van der Waals surface area contributed by atoms with Crippen LogP contribution in [0.25, 0.3) is 0 Å². The van der Waals surface area contributed by atoms with E-state index in [1.165, 1.54) is 321 Å². The van der Waals surface area contributed by atoms with Gasteiger partial charge in [0.1, 0.15) is 0 Å². The highest BCUT2D eigenvalue weighted by molar-refractivity contribution is 5.76. The third-order valence-corrected chi connectivity index (χ3v) is 16.5. The first-order chi connectivity index (χ1) is 38.0. The maximum atomic E-state index is 12.5. The second-order valence-electron chi connectivity index (χ2n) is 24.2. The van der Waals surface area contributed by atoms with Crippen LogP contribution in [0.1, 0.15) is 393 Å². The molecule has 2 atom stereocenters. The van der Waals surface area contributed by atoms with Crippen molar-refractivity contribution in [3.8, 4) is 0 Å². The van der Waals surface area contributed by atoms with Crippen molar-refractivity contribution in [1.82, 2.24) is 5.32 Å². The summed E-state index contributed by atoms with van der Waals surface area (Å²) < 4.78 is 5.50. The summed E-state index contributed by atoms with van der Waals surface area (Å²) in [6.45, 7) is 4.93. The number of hydrogen-bond acceptors (Lipinski definition) is 5. The lowest BCUT2D eigenvalue weighted by molar-refractivity contribution is -0.143. The first kappa shape index (κ1) is 75.3. The Kier molecular flexibility index (Phi) is 65.4. The van der Waals surface area contributed by atoms with E-state index in [4.69, 9.17) is 4.74 Å². The third-order valence-electron chi connectivity index (χ3n) is 16.5. The minimum Gasteiger partial charge on any atom is -0.466 e. The lowest BCUT2D eigenvalue weighted by Crippen LogP contribution is -2.45. The summed E-state index contributed by atoms with van der Waals surface area (Å²) in [6.07, 6.45) is 84.0. The zero-order valence-corrected chi connectivity index (χ0v) is 52.2. The fourth-order valence-corrected chi connectivity index (χ4v) is 11.1. The molecule has 2 unspecified atom stereocenters. The van der Waals surface area contributed by atoms with Crippen molar-refractivity contribution in [1.29, 1.82) is 0 Å². The topological polar surface area (TPSA) is 95.9 Å². The summed E-state index contributed by atoms with van der Waals surface area (Å²) in [7, 11) is 0. The van der Waals surface area contributed by atoms with Crippen LogP contribution < -0.4 is 5.32 Å². The average Bonchev–Trinajstić information content (AvgIpc) is 3.43. The summed E-state index contributed by atoms with van der Waals surface area (Å²) in [5.41, 5.74) is 0. The molecule has 0 aromatic carbocycles. The Morgan fingerprint density at radius 2 is 0.610 bits per heavy atom. The molecule has 77 heavy (non-hydrogen) atoms. The van der Waals surface area contributed by atoms with E-state index in [0.717, 1.165) is 44.9 Å². The number of hydrogen-bond donors (Lipinski definition) is 3. The zero-order chi connectivity index (χ0) is 55.7. The number of aliphatic hydroxyl groups is 2. The van der Waals surface area contributed by atoms with Crippen molar-refractivity contribution in [2.45, 2.75) is 405 Å². The Hall–Kier alpha value is -1.66. The van der Waals surface area contributed by atoms with Crippen LogP contribution in [0.5, 0.6) is 0 Å². The number of allylic oxidation sites excluding steroid dienone is 3. The van der Waals surface area contributed by atoms with Crippen LogP contribution in [0.3, 0.4) is 0 Å². The van der Waals surface area contributed by atoms with Gasteiger partial charge in [-0.2, -0.15) is 0 Å². The van der Waals surface area contributed by atoms with E-state index >= 15 is 0 Å². The number of ether oxygens (including phenoxy) is 1. The van der Waals surface area contributed by atoms with E-state index in [-0.39, 0.29) is 18.5 Å². The molecule has 0 aliphatic rings. The molecule has 0 aromatic rings. The summed E-state index contributed by atoms with van der Waals surface area (Å²) in [4.78, 5) is 24.6. The summed E-state index contributed by atoms with van der Waals surface area (Å²) in [6, 6.07) is -0.625. The number of rotatable bonds is 66. The third kappa shape index (κ3) is 63.4. The first-order valence-corrected chi connectivity index (χ1v) is 35.1. The van der Waals surface area contributed by atoms with Crippen LogP contribution in [-0.2, 0) is 14.3 Å². The predicted molar refractivity (Wildman–Crippen MR) is 338 cm³/mol. The number of carbonyl (C=O) groups is 2. The summed E-state index contributed by atoms with van der Waals surface area (Å²) in [5.74, 6) is -0.0474. The van der Waals surface area contributed by atoms with Gasteiger partial charge in [-0.05, 0) is 57.8 Å². The van der Waals surface area contributed by atoms with Crippen molar-refractivity contribution >= 4 is 11.9 Å². The van der Waals surface area contributed by atoms with Crippen molar-refractivity contribution in [3.63, 3.8) is 0 Å². The highest BCUT2D eigenvalue weighted by atomic mass is 16.5. The van der Waals surface area contributed by atoms with E-state index in [1.807, 2.05) is 6.08 Å². The van der Waals surface area contributed by atoms with Crippen molar-refractivity contribution < 1.29 is 24.5 Å². The highest BCUT2D eigenvalue weighted by Crippen LogP contribution is 2.19. The van der Waals surface area contributed by atoms with Crippen LogP contribution in [0.4, 0.5) is 0 Å². The molecule has 456 valence electrons. The fourth-order valence-electron chi connectivity index (χ4n) is 11.1. The molecule has 0 aliphatic heterocycles. The van der Waals surface area contributed by atoms with E-state index in [2.05, 4.69) is 31.3 Å². The maximum absolute atomic E-state index is 12.5. The van der Waals surface area contributed by atoms with Crippen LogP contribution >= 0.6 is 0 Å². The predicted octanol–water partition coefficient (Wildman–Crippen LogP) is 22.5. The quantitative estimate of drug-likeness (QED) is 0.0320. The second kappa shape index (κ2) is 66.8. The van der Waals surface area contributed by atoms with Gasteiger partial charge in [0.2, 0.25) is 5.91 Å². The Morgan fingerprint density at radius 1 is 0.351 bits per heavy atom. The molecule has 0 aromatic heterocycles. The van der Waals surface area contributed by atoms with E-state index in [9.17, 15) is 19.8 Å². The van der Waals surface area contributed by atoms with Gasteiger partial charge in [-0.1, -0.05) is 346 Å². The average molecular weight is 1080 g/mol. The van der Waals surface area contributed by atoms with Gasteiger partial charge in [0, 0.05) is 12.8 Å². The minimum atomic E-state index is -0.842. The van der Waals surface area contributed by atoms with Crippen LogP contribution in [-0.4, -0.2) is 47.4 Å². The molecular formula is C71H137NO5. The Labute approximate surface area is 481 Å². The van der Waals surface area contributed by atoms with Crippen molar-refractivity contribution in [2.75, 3.05) is 13.2 Å². The van der Waals surface area contributed by atoms with Gasteiger partial charge >= 0.3 is 5.97 Å². The molecule has 3 N–H and O–H groups in total. The molecular weight excluding hydrogens is 947 g/mol. The Bertz CT molecular complexity index is 1200. The molecule has 0 spiro atoms. The molecule has 0 fully saturated rings. The zero-order valence-electron chi connectivity index (χ0n) is 52.2. The largest absolute Gasteiger partial charge is 0.466 e. The Morgan fingerprint density at radius 3 is 0.922 bits per heavy atom. The van der Waals surface area contributed by atoms with E-state index in [0.29, 0.717) is 19.4 Å². The number of aliphatic hydroxyl groups excluding tert-OH is 2. The number of unbranched alkanes of at least 4 members (excludes halogenated alkanes) is 53. The number of esters is 1. The molecule has 0 radical (unpaired) electrons. The standard InChI is InChI=1S/C71H137NO5/c1-3-5-7-9-11-13-15-17-19-32-37-41-45-49-53-57-61-65-71(76)77-66-62-58-54-50-46-42-38-34-31-29-27-25-23-21-22-24-26-28-30-33-36-40-44-48-52-56-60-64-70(75)72-68(67-73)69(74)63-59-55-51-47-43-39-35-20-18-16-14-12-10-8-6-4-2/h17,19,59,63,68-69,73-74H,3-16,18,20-58,60-62,64-67H2,1-2H3,(H,72,75)/b19-17-,63-59+. The molecule has 0 heterocycles. The first-order valence-electron chi connectivity index (χ1n) is 35.1. The maximum Gasteiger partial charge on any atom is 0.305 e. The van der Waals surface area contributed by atoms with Crippen LogP contribution in [0.2, 0.25) is 0 Å². The fraction of sp³-hybridized carbons (Fsp3) is 0.915. The molecule has 0 bridgehead atoms. The van der Waals surface area contributed by atoms with Gasteiger partial charge in [0.05, 0.1) is 25.4 Å². The molecule has 0 saturated carbocycles. The number of carbonyl (C=O) groups excluding carboxylic acids is 2. The molecule has 0 rings (SSSR count). The van der Waals surface area contributed by atoms with Gasteiger partial charge in [0.25, 0.3) is 0 Å². The van der Waals surface area contributed by atoms with Crippen LogP contribution in [0, 0.1) is 0 Å². The SMILES string of the molecule is CCCCCCCC/C=C\CCCCCCCCCC(=O)OCCCCCCCCCCCCCCCCCCCCCCCCCCCCCC(=O)NC(CO)C(O)/C=C/CCCCCCCCCCCCCCCC. The number of nitrogens with one attached hydrogen (secondary N) is 1. The summed E-state index contributed by atoms with van der Waals surface area (Å²) >= 11 is 0. The molecule has 1 amide bonds. The second-order valence-corrected chi connectivity index (χ2v) is 24.2. The van der Waals surface area contributed by atoms with Crippen molar-refractivity contribution in [2.24, 2.45) is 0 Å². The number of amides is 1. The lowest BCUT2D eigenvalue weighted by atomic mass is 10.0. The molecule has 6 heteroatoms. The van der Waals surface area contributed by atoms with Gasteiger partial charge < -0.3 is 20.3 Å². The monoisotopic (exact) mass is 1080 g/mol. The molecule has 6 nitrogen and oxygen atoms in total. The molecule has 0 aliphatic carbocycles. The van der Waals surface area contributed by atoms with Crippen molar-refractivity contribution in [3.05, 3.63) is 24.3 Å².